The first-order chi connectivity index (χ1) is 9.11. The molecule has 1 aromatic rings. The predicted molar refractivity (Wildman–Crippen MR) is 80.1 cm³/mol. The highest BCUT2D eigenvalue weighted by Crippen LogP contribution is 2.24. The van der Waals surface area contributed by atoms with Gasteiger partial charge in [0.2, 0.25) is 5.91 Å². The SMILES string of the molecule is CSCCN1C(=O)C[C@H](c2cccc(Br)c2)NC1=O. The van der Waals surface area contributed by atoms with Gasteiger partial charge in [0, 0.05) is 16.8 Å². The number of thioether (sulfide) groups is 1. The molecule has 1 aromatic carbocycles. The van der Waals surface area contributed by atoms with Gasteiger partial charge < -0.3 is 5.32 Å². The van der Waals surface area contributed by atoms with Crippen LogP contribution in [0.3, 0.4) is 0 Å². The van der Waals surface area contributed by atoms with Crippen molar-refractivity contribution >= 4 is 39.6 Å². The van der Waals surface area contributed by atoms with E-state index in [0.29, 0.717) is 13.0 Å². The summed E-state index contributed by atoms with van der Waals surface area (Å²) in [7, 11) is 0. The second-order valence-corrected chi connectivity index (χ2v) is 6.20. The smallest absolute Gasteiger partial charge is 0.324 e. The Hall–Kier alpha value is -1.01. The normalized spacial score (nSPS) is 19.5. The molecule has 1 atom stereocenters. The maximum atomic E-state index is 12.0. The Kier molecular flexibility index (Phi) is 4.87. The number of halogens is 1. The highest BCUT2D eigenvalue weighted by atomic mass is 79.9. The molecule has 0 radical (unpaired) electrons. The van der Waals surface area contributed by atoms with Crippen molar-refractivity contribution in [1.29, 1.82) is 0 Å². The molecule has 0 unspecified atom stereocenters. The zero-order chi connectivity index (χ0) is 13.8. The van der Waals surface area contributed by atoms with Crippen LogP contribution in [0.15, 0.2) is 28.7 Å². The van der Waals surface area contributed by atoms with Crippen molar-refractivity contribution in [1.82, 2.24) is 10.2 Å². The Morgan fingerprint density at radius 2 is 2.26 bits per heavy atom. The third-order valence-electron chi connectivity index (χ3n) is 2.99. The van der Waals surface area contributed by atoms with E-state index in [-0.39, 0.29) is 18.0 Å². The van der Waals surface area contributed by atoms with E-state index in [1.165, 1.54) is 4.90 Å². The van der Waals surface area contributed by atoms with Crippen LogP contribution in [0, 0.1) is 0 Å². The number of nitrogens with zero attached hydrogens (tertiary/aromatic N) is 1. The van der Waals surface area contributed by atoms with Crippen LogP contribution in [0.25, 0.3) is 0 Å². The van der Waals surface area contributed by atoms with Gasteiger partial charge in [-0.15, -0.1) is 0 Å². The summed E-state index contributed by atoms with van der Waals surface area (Å²) >= 11 is 5.01. The zero-order valence-corrected chi connectivity index (χ0v) is 13.0. The van der Waals surface area contributed by atoms with E-state index < -0.39 is 0 Å². The average molecular weight is 343 g/mol. The molecular formula is C13H15BrN2O2S. The van der Waals surface area contributed by atoms with Crippen molar-refractivity contribution in [3.8, 4) is 0 Å². The fourth-order valence-electron chi connectivity index (χ4n) is 2.01. The predicted octanol–water partition coefficient (Wildman–Crippen LogP) is 2.80. The molecule has 0 spiro atoms. The van der Waals surface area contributed by atoms with Crippen molar-refractivity contribution in [2.45, 2.75) is 12.5 Å². The van der Waals surface area contributed by atoms with Gasteiger partial charge in [0.25, 0.3) is 0 Å². The molecule has 19 heavy (non-hydrogen) atoms. The van der Waals surface area contributed by atoms with Gasteiger partial charge in [-0.05, 0) is 24.0 Å². The Balaban J connectivity index is 2.09. The molecule has 1 aliphatic rings. The van der Waals surface area contributed by atoms with Crippen LogP contribution in [0.4, 0.5) is 4.79 Å². The van der Waals surface area contributed by atoms with Crippen LogP contribution < -0.4 is 5.32 Å². The lowest BCUT2D eigenvalue weighted by Crippen LogP contribution is -2.51. The van der Waals surface area contributed by atoms with Gasteiger partial charge in [-0.3, -0.25) is 9.69 Å². The lowest BCUT2D eigenvalue weighted by atomic mass is 10.0. The Morgan fingerprint density at radius 1 is 1.47 bits per heavy atom. The number of carbonyl (C=O) groups is 2. The van der Waals surface area contributed by atoms with E-state index in [9.17, 15) is 9.59 Å². The average Bonchev–Trinajstić information content (AvgIpc) is 2.37. The molecule has 1 heterocycles. The van der Waals surface area contributed by atoms with Crippen molar-refractivity contribution in [3.63, 3.8) is 0 Å². The molecule has 6 heteroatoms. The zero-order valence-electron chi connectivity index (χ0n) is 10.6. The first kappa shape index (κ1) is 14.4. The van der Waals surface area contributed by atoms with Crippen molar-refractivity contribution in [2.24, 2.45) is 0 Å². The first-order valence-electron chi connectivity index (χ1n) is 5.97. The second-order valence-electron chi connectivity index (χ2n) is 4.30. The Labute approximate surface area is 125 Å². The molecule has 1 saturated heterocycles. The van der Waals surface area contributed by atoms with E-state index in [1.54, 1.807) is 11.8 Å². The number of nitrogens with one attached hydrogen (secondary N) is 1. The quantitative estimate of drug-likeness (QED) is 0.915. The van der Waals surface area contributed by atoms with Gasteiger partial charge in [-0.2, -0.15) is 11.8 Å². The van der Waals surface area contributed by atoms with Crippen LogP contribution in [0.1, 0.15) is 18.0 Å². The van der Waals surface area contributed by atoms with Gasteiger partial charge in [-0.25, -0.2) is 4.79 Å². The number of imide groups is 1. The van der Waals surface area contributed by atoms with E-state index in [0.717, 1.165) is 15.8 Å². The largest absolute Gasteiger partial charge is 0.330 e. The van der Waals surface area contributed by atoms with E-state index in [4.69, 9.17) is 0 Å². The number of benzene rings is 1. The molecule has 0 aromatic heterocycles. The highest BCUT2D eigenvalue weighted by molar-refractivity contribution is 9.10. The van der Waals surface area contributed by atoms with Gasteiger partial charge in [0.15, 0.2) is 0 Å². The summed E-state index contributed by atoms with van der Waals surface area (Å²) in [5.74, 6) is 0.656. The lowest BCUT2D eigenvalue weighted by molar-refractivity contribution is -0.130. The summed E-state index contributed by atoms with van der Waals surface area (Å²) in [5.41, 5.74) is 0.945. The van der Waals surface area contributed by atoms with Crippen molar-refractivity contribution in [2.75, 3.05) is 18.6 Å². The third-order valence-corrected chi connectivity index (χ3v) is 4.08. The number of hydrogen-bond donors (Lipinski definition) is 1. The van der Waals surface area contributed by atoms with Crippen molar-refractivity contribution in [3.05, 3.63) is 34.3 Å². The van der Waals surface area contributed by atoms with Crippen molar-refractivity contribution < 1.29 is 9.59 Å². The van der Waals surface area contributed by atoms with E-state index >= 15 is 0 Å². The standard InChI is InChI=1S/C13H15BrN2O2S/c1-19-6-5-16-12(17)8-11(15-13(16)18)9-3-2-4-10(14)7-9/h2-4,7,11H,5-6,8H2,1H3,(H,15,18)/t11-/m1/s1. The molecule has 0 saturated carbocycles. The monoisotopic (exact) mass is 342 g/mol. The number of urea groups is 1. The lowest BCUT2D eigenvalue weighted by Gasteiger charge is -2.31. The summed E-state index contributed by atoms with van der Waals surface area (Å²) in [6.07, 6.45) is 2.27. The number of carbonyl (C=O) groups excluding carboxylic acids is 2. The minimum absolute atomic E-state index is 0.109. The number of amides is 3. The summed E-state index contributed by atoms with van der Waals surface area (Å²) in [6.45, 7) is 0.469. The van der Waals surface area contributed by atoms with Gasteiger partial charge in [0.05, 0.1) is 12.5 Å². The van der Waals surface area contributed by atoms with Crippen LogP contribution >= 0.6 is 27.7 Å². The van der Waals surface area contributed by atoms with Gasteiger partial charge in [-0.1, -0.05) is 28.1 Å². The number of rotatable bonds is 4. The fourth-order valence-corrected chi connectivity index (χ4v) is 2.79. The second kappa shape index (κ2) is 6.43. The van der Waals surface area contributed by atoms with Crippen LogP contribution in [-0.4, -0.2) is 35.4 Å². The molecule has 1 aliphatic heterocycles. The molecule has 0 bridgehead atoms. The molecule has 3 amide bonds. The van der Waals surface area contributed by atoms with Crippen LogP contribution in [0.2, 0.25) is 0 Å². The van der Waals surface area contributed by atoms with E-state index in [2.05, 4.69) is 21.2 Å². The molecule has 1 fully saturated rings. The topological polar surface area (TPSA) is 49.4 Å². The Morgan fingerprint density at radius 3 is 2.89 bits per heavy atom. The molecule has 2 rings (SSSR count). The minimum Gasteiger partial charge on any atom is -0.330 e. The number of hydrogen-bond acceptors (Lipinski definition) is 3. The maximum Gasteiger partial charge on any atom is 0.324 e. The van der Waals surface area contributed by atoms with Gasteiger partial charge in [0.1, 0.15) is 0 Å². The molecule has 102 valence electrons. The molecule has 1 N–H and O–H groups in total. The highest BCUT2D eigenvalue weighted by Gasteiger charge is 2.32. The minimum atomic E-state index is -0.296. The fraction of sp³-hybridized carbons (Fsp3) is 0.385. The molecular weight excluding hydrogens is 328 g/mol. The third kappa shape index (κ3) is 3.51. The summed E-state index contributed by atoms with van der Waals surface area (Å²) in [5, 5.41) is 2.89. The maximum absolute atomic E-state index is 12.0. The van der Waals surface area contributed by atoms with Gasteiger partial charge >= 0.3 is 6.03 Å². The summed E-state index contributed by atoms with van der Waals surface area (Å²) < 4.78 is 0.941. The van der Waals surface area contributed by atoms with E-state index in [1.807, 2.05) is 30.5 Å². The molecule has 4 nitrogen and oxygen atoms in total. The molecule has 0 aliphatic carbocycles. The Bertz CT molecular complexity index is 477. The summed E-state index contributed by atoms with van der Waals surface area (Å²) in [4.78, 5) is 25.3. The van der Waals surface area contributed by atoms with Crippen LogP contribution in [0.5, 0.6) is 0 Å². The first-order valence-corrected chi connectivity index (χ1v) is 8.15. The van der Waals surface area contributed by atoms with Crippen LogP contribution in [-0.2, 0) is 4.79 Å². The summed E-state index contributed by atoms with van der Waals surface area (Å²) in [6, 6.07) is 7.13.